The Morgan fingerprint density at radius 2 is 0.500 bits per heavy atom. The van der Waals surface area contributed by atoms with Gasteiger partial charge >= 0.3 is 17.9 Å². The van der Waals surface area contributed by atoms with E-state index in [0.29, 0.717) is 19.3 Å². The van der Waals surface area contributed by atoms with Gasteiger partial charge in [0.05, 0.1) is 0 Å². The van der Waals surface area contributed by atoms with Crippen LogP contribution in [-0.4, -0.2) is 37.2 Å². The van der Waals surface area contributed by atoms with E-state index < -0.39 is 6.10 Å². The van der Waals surface area contributed by atoms with E-state index in [1.807, 2.05) is 0 Å². The van der Waals surface area contributed by atoms with Gasteiger partial charge in [-0.15, -0.1) is 0 Å². The number of carbonyl (C=O) groups is 3. The van der Waals surface area contributed by atoms with Crippen LogP contribution in [0.3, 0.4) is 0 Å². The number of carbonyl (C=O) groups excluding carboxylic acids is 3. The molecule has 6 heteroatoms. The molecule has 0 aliphatic rings. The van der Waals surface area contributed by atoms with Crippen molar-refractivity contribution in [3.05, 3.63) is 97.2 Å². The molecule has 1 atom stereocenters. The van der Waals surface area contributed by atoms with Crippen LogP contribution in [-0.2, 0) is 28.6 Å². The molecule has 1 unspecified atom stereocenters. The van der Waals surface area contributed by atoms with Gasteiger partial charge in [0.2, 0.25) is 0 Å². The third kappa shape index (κ3) is 63.2. The first-order chi connectivity index (χ1) is 38.5. The first kappa shape index (κ1) is 74.3. The Kier molecular flexibility index (Phi) is 62.7. The monoisotopic (exact) mass is 1080 g/mol. The summed E-state index contributed by atoms with van der Waals surface area (Å²) in [6.07, 6.45) is 88.5. The summed E-state index contributed by atoms with van der Waals surface area (Å²) in [5.41, 5.74) is 0. The lowest BCUT2D eigenvalue weighted by Crippen LogP contribution is -2.30. The Hall–Kier alpha value is -3.67. The van der Waals surface area contributed by atoms with Gasteiger partial charge in [0.25, 0.3) is 0 Å². The summed E-state index contributed by atoms with van der Waals surface area (Å²) >= 11 is 0. The highest BCUT2D eigenvalue weighted by Gasteiger charge is 2.19. The van der Waals surface area contributed by atoms with E-state index in [1.54, 1.807) is 0 Å². The molecule has 0 aromatic heterocycles. The standard InChI is InChI=1S/C72H124O6/c1-4-7-10-13-16-19-22-25-28-30-32-33-34-35-36-37-38-39-40-42-44-47-50-53-56-59-62-65-71(74)77-68-69(67-76-70(73)64-61-58-55-52-49-46-43-27-24-21-18-15-12-9-6-3)78-72(75)66-63-60-57-54-51-48-45-41-31-29-26-23-20-17-14-11-8-5-2/h7,9-10,12,16,18-19,21,25,27-28,32-33,35-36,43,69H,4-6,8,11,13-15,17,20,22-24,26,29-31,34,37-42,44-68H2,1-3H3/b10-7-,12-9-,19-16-,21-18-,28-25-,33-32-,36-35-,43-27-. The number of hydrogen-bond acceptors (Lipinski definition) is 6. The molecule has 0 saturated carbocycles. The predicted octanol–water partition coefficient (Wildman–Crippen LogP) is 22.8. The average Bonchev–Trinajstić information content (AvgIpc) is 3.44. The predicted molar refractivity (Wildman–Crippen MR) is 339 cm³/mol. The van der Waals surface area contributed by atoms with Crippen molar-refractivity contribution < 1.29 is 28.6 Å². The molecule has 0 heterocycles. The van der Waals surface area contributed by atoms with Gasteiger partial charge in [-0.25, -0.2) is 0 Å². The van der Waals surface area contributed by atoms with Gasteiger partial charge in [0, 0.05) is 19.3 Å². The lowest BCUT2D eigenvalue weighted by molar-refractivity contribution is -0.167. The van der Waals surface area contributed by atoms with E-state index in [-0.39, 0.29) is 31.1 Å². The molecule has 0 radical (unpaired) electrons. The maximum absolute atomic E-state index is 12.9. The number of unbranched alkanes of at least 4 members (excludes halogenated alkanes) is 33. The van der Waals surface area contributed by atoms with Gasteiger partial charge in [-0.2, -0.15) is 0 Å². The first-order valence-corrected chi connectivity index (χ1v) is 33.2. The summed E-state index contributed by atoms with van der Waals surface area (Å²) in [7, 11) is 0. The van der Waals surface area contributed by atoms with E-state index in [4.69, 9.17) is 14.2 Å². The van der Waals surface area contributed by atoms with Crippen LogP contribution in [0.1, 0.15) is 323 Å². The average molecular weight is 1090 g/mol. The van der Waals surface area contributed by atoms with Crippen LogP contribution in [0.4, 0.5) is 0 Å². The van der Waals surface area contributed by atoms with E-state index in [1.165, 1.54) is 154 Å². The molecular weight excluding hydrogens is 961 g/mol. The van der Waals surface area contributed by atoms with Crippen molar-refractivity contribution in [2.45, 2.75) is 329 Å². The minimum Gasteiger partial charge on any atom is -0.462 e. The highest BCUT2D eigenvalue weighted by Crippen LogP contribution is 2.17. The minimum atomic E-state index is -0.786. The fourth-order valence-corrected chi connectivity index (χ4v) is 9.43. The molecule has 0 rings (SSSR count). The molecule has 0 spiro atoms. The Labute approximate surface area is 483 Å². The Bertz CT molecular complexity index is 1530. The van der Waals surface area contributed by atoms with Crippen molar-refractivity contribution in [1.29, 1.82) is 0 Å². The van der Waals surface area contributed by atoms with Crippen molar-refractivity contribution in [1.82, 2.24) is 0 Å². The van der Waals surface area contributed by atoms with Crippen molar-refractivity contribution in [2.75, 3.05) is 13.2 Å². The van der Waals surface area contributed by atoms with Crippen molar-refractivity contribution in [3.8, 4) is 0 Å². The van der Waals surface area contributed by atoms with E-state index in [9.17, 15) is 14.4 Å². The maximum Gasteiger partial charge on any atom is 0.306 e. The topological polar surface area (TPSA) is 78.9 Å². The molecule has 6 nitrogen and oxygen atoms in total. The maximum atomic E-state index is 12.9. The van der Waals surface area contributed by atoms with E-state index >= 15 is 0 Å². The number of hydrogen-bond donors (Lipinski definition) is 0. The zero-order chi connectivity index (χ0) is 56.4. The van der Waals surface area contributed by atoms with Crippen molar-refractivity contribution >= 4 is 17.9 Å². The van der Waals surface area contributed by atoms with E-state index in [0.717, 1.165) is 128 Å². The third-order valence-corrected chi connectivity index (χ3v) is 14.3. The van der Waals surface area contributed by atoms with Crippen LogP contribution in [0, 0.1) is 0 Å². The zero-order valence-electron chi connectivity index (χ0n) is 51.4. The first-order valence-electron chi connectivity index (χ1n) is 33.2. The molecule has 448 valence electrons. The molecule has 0 fully saturated rings. The molecular formula is C72H124O6. The fourth-order valence-electron chi connectivity index (χ4n) is 9.43. The number of allylic oxidation sites excluding steroid dienone is 16. The summed E-state index contributed by atoms with van der Waals surface area (Å²) in [5.74, 6) is -0.887. The van der Waals surface area contributed by atoms with Crippen LogP contribution in [0.2, 0.25) is 0 Å². The van der Waals surface area contributed by atoms with Crippen molar-refractivity contribution in [2.24, 2.45) is 0 Å². The summed E-state index contributed by atoms with van der Waals surface area (Å²) in [6, 6.07) is 0. The SMILES string of the molecule is CC/C=C\C/C=C\C/C=C\C/C=C\C/C=C\CCCCCCCCCCCCCC(=O)OCC(COC(=O)CCCCCCC/C=C\C/C=C\C/C=C\CC)OC(=O)CCCCCCCCCCCCCCCCCCCC. The fraction of sp³-hybridized carbons (Fsp3) is 0.736. The van der Waals surface area contributed by atoms with Gasteiger partial charge in [-0.3, -0.25) is 14.4 Å². The summed E-state index contributed by atoms with van der Waals surface area (Å²) in [4.78, 5) is 38.4. The summed E-state index contributed by atoms with van der Waals surface area (Å²) in [6.45, 7) is 6.44. The van der Waals surface area contributed by atoms with Crippen molar-refractivity contribution in [3.63, 3.8) is 0 Å². The third-order valence-electron chi connectivity index (χ3n) is 14.3. The molecule has 0 aliphatic carbocycles. The van der Waals surface area contributed by atoms with Crippen LogP contribution in [0.5, 0.6) is 0 Å². The lowest BCUT2D eigenvalue weighted by atomic mass is 10.0. The number of ether oxygens (including phenoxy) is 3. The molecule has 0 saturated heterocycles. The second-order valence-corrected chi connectivity index (χ2v) is 22.0. The minimum absolute atomic E-state index is 0.0819. The molecule has 0 N–H and O–H groups in total. The molecule has 78 heavy (non-hydrogen) atoms. The van der Waals surface area contributed by atoms with Crippen LogP contribution in [0.15, 0.2) is 97.2 Å². The molecule has 0 amide bonds. The summed E-state index contributed by atoms with van der Waals surface area (Å²) in [5, 5.41) is 0. The number of rotatable bonds is 60. The highest BCUT2D eigenvalue weighted by atomic mass is 16.6. The Morgan fingerprint density at radius 1 is 0.269 bits per heavy atom. The highest BCUT2D eigenvalue weighted by molar-refractivity contribution is 5.71. The lowest BCUT2D eigenvalue weighted by Gasteiger charge is -2.18. The second kappa shape index (κ2) is 65.8. The number of esters is 3. The van der Waals surface area contributed by atoms with E-state index in [2.05, 4.69) is 118 Å². The van der Waals surface area contributed by atoms with Crippen LogP contribution < -0.4 is 0 Å². The quantitative estimate of drug-likeness (QED) is 0.0261. The van der Waals surface area contributed by atoms with Crippen LogP contribution in [0.25, 0.3) is 0 Å². The normalized spacial score (nSPS) is 12.7. The van der Waals surface area contributed by atoms with Gasteiger partial charge in [-0.05, 0) is 96.3 Å². The van der Waals surface area contributed by atoms with Gasteiger partial charge in [0.15, 0.2) is 6.10 Å². The van der Waals surface area contributed by atoms with Gasteiger partial charge in [-0.1, -0.05) is 304 Å². The zero-order valence-corrected chi connectivity index (χ0v) is 51.4. The molecule has 0 bridgehead atoms. The Morgan fingerprint density at radius 3 is 0.782 bits per heavy atom. The van der Waals surface area contributed by atoms with Gasteiger partial charge < -0.3 is 14.2 Å². The second-order valence-electron chi connectivity index (χ2n) is 22.0. The largest absolute Gasteiger partial charge is 0.462 e. The smallest absolute Gasteiger partial charge is 0.306 e. The van der Waals surface area contributed by atoms with Gasteiger partial charge in [0.1, 0.15) is 13.2 Å². The van der Waals surface area contributed by atoms with Crippen LogP contribution >= 0.6 is 0 Å². The summed E-state index contributed by atoms with van der Waals surface area (Å²) < 4.78 is 16.9. The molecule has 0 aromatic rings. The molecule has 0 aliphatic heterocycles. The Balaban J connectivity index is 4.32. The molecule has 0 aromatic carbocycles.